The average molecular weight is 405 g/mol. The number of amides is 1. The van der Waals surface area contributed by atoms with Crippen molar-refractivity contribution in [3.05, 3.63) is 83.8 Å². The van der Waals surface area contributed by atoms with Crippen molar-refractivity contribution in [3.8, 4) is 22.6 Å². The predicted molar refractivity (Wildman–Crippen MR) is 109 cm³/mol. The van der Waals surface area contributed by atoms with E-state index in [0.717, 1.165) is 23.4 Å². The number of anilines is 1. The van der Waals surface area contributed by atoms with Crippen molar-refractivity contribution in [1.29, 1.82) is 0 Å². The minimum atomic E-state index is -0.787. The Morgan fingerprint density at radius 2 is 1.83 bits per heavy atom. The van der Waals surface area contributed by atoms with Gasteiger partial charge in [-0.05, 0) is 49.4 Å². The molecule has 8 heteroatoms. The number of aryl methyl sites for hydroxylation is 2. The summed E-state index contributed by atoms with van der Waals surface area (Å²) in [7, 11) is 1.62. The number of benzene rings is 2. The third-order valence-electron chi connectivity index (χ3n) is 4.46. The quantitative estimate of drug-likeness (QED) is 0.547. The first-order valence-corrected chi connectivity index (χ1v) is 9.11. The van der Waals surface area contributed by atoms with Crippen LogP contribution in [-0.2, 0) is 7.05 Å². The van der Waals surface area contributed by atoms with Crippen molar-refractivity contribution >= 4 is 11.6 Å². The van der Waals surface area contributed by atoms with E-state index in [2.05, 4.69) is 20.4 Å². The molecule has 2 aromatic carbocycles. The van der Waals surface area contributed by atoms with Crippen molar-refractivity contribution in [2.75, 3.05) is 5.32 Å². The maximum atomic E-state index is 14.2. The summed E-state index contributed by atoms with van der Waals surface area (Å²) in [6.45, 7) is 1.88. The van der Waals surface area contributed by atoms with E-state index >= 15 is 0 Å². The van der Waals surface area contributed by atoms with Gasteiger partial charge in [0.1, 0.15) is 17.3 Å². The Bertz CT molecular complexity index is 1230. The molecule has 2 aromatic heterocycles. The molecule has 0 fully saturated rings. The fourth-order valence-corrected chi connectivity index (χ4v) is 3.02. The van der Waals surface area contributed by atoms with Gasteiger partial charge in [-0.3, -0.25) is 9.48 Å². The molecule has 0 saturated heterocycles. The van der Waals surface area contributed by atoms with Gasteiger partial charge >= 0.3 is 0 Å². The van der Waals surface area contributed by atoms with Gasteiger partial charge in [-0.1, -0.05) is 0 Å². The highest BCUT2D eigenvalue weighted by molar-refractivity contribution is 6.08. The Balaban J connectivity index is 1.59. The van der Waals surface area contributed by atoms with Gasteiger partial charge in [0.05, 0.1) is 5.56 Å². The lowest BCUT2D eigenvalue weighted by atomic mass is 10.1. The van der Waals surface area contributed by atoms with Gasteiger partial charge in [0, 0.05) is 48.0 Å². The van der Waals surface area contributed by atoms with Gasteiger partial charge in [-0.2, -0.15) is 5.10 Å². The Morgan fingerprint density at radius 1 is 1.07 bits per heavy atom. The molecule has 0 radical (unpaired) electrons. The Hall–Kier alpha value is -3.94. The zero-order chi connectivity index (χ0) is 21.3. The monoisotopic (exact) mass is 405 g/mol. The second-order valence-corrected chi connectivity index (χ2v) is 6.74. The summed E-state index contributed by atoms with van der Waals surface area (Å²) in [5.41, 5.74) is 2.58. The third-order valence-corrected chi connectivity index (χ3v) is 4.46. The number of rotatable bonds is 4. The Morgan fingerprint density at radius 3 is 2.53 bits per heavy atom. The van der Waals surface area contributed by atoms with Crippen molar-refractivity contribution in [3.63, 3.8) is 0 Å². The molecular formula is C22H17F2N5O. The van der Waals surface area contributed by atoms with E-state index in [1.54, 1.807) is 37.5 Å². The lowest BCUT2D eigenvalue weighted by Gasteiger charge is -2.07. The molecule has 0 bridgehead atoms. The summed E-state index contributed by atoms with van der Waals surface area (Å²) in [5.74, 6) is -1.35. The second kappa shape index (κ2) is 7.82. The summed E-state index contributed by atoms with van der Waals surface area (Å²) < 4.78 is 28.9. The Labute approximate surface area is 171 Å². The molecule has 4 aromatic rings. The molecule has 1 amide bonds. The predicted octanol–water partition coefficient (Wildman–Crippen LogP) is 4.38. The van der Waals surface area contributed by atoms with Crippen molar-refractivity contribution in [1.82, 2.24) is 19.7 Å². The van der Waals surface area contributed by atoms with E-state index in [1.165, 1.54) is 16.9 Å². The molecule has 0 spiro atoms. The number of nitrogens with zero attached hydrogens (tertiary/aromatic N) is 4. The third kappa shape index (κ3) is 3.93. The fourth-order valence-electron chi connectivity index (χ4n) is 3.02. The van der Waals surface area contributed by atoms with Crippen molar-refractivity contribution in [2.24, 2.45) is 7.05 Å². The van der Waals surface area contributed by atoms with E-state index in [4.69, 9.17) is 0 Å². The van der Waals surface area contributed by atoms with Crippen LogP contribution in [0.15, 0.2) is 60.9 Å². The van der Waals surface area contributed by atoms with Gasteiger partial charge in [-0.15, -0.1) is 0 Å². The summed E-state index contributed by atoms with van der Waals surface area (Å²) in [5, 5.41) is 6.95. The number of hydrogen-bond donors (Lipinski definition) is 1. The molecule has 0 atom stereocenters. The van der Waals surface area contributed by atoms with Crippen LogP contribution in [0, 0.1) is 18.6 Å². The van der Waals surface area contributed by atoms with E-state index in [0.29, 0.717) is 11.5 Å². The number of carbonyl (C=O) groups excluding carboxylic acids is 1. The normalized spacial score (nSPS) is 10.8. The molecule has 0 aliphatic rings. The highest BCUT2D eigenvalue weighted by atomic mass is 19.1. The first-order chi connectivity index (χ1) is 14.4. The van der Waals surface area contributed by atoms with E-state index in [9.17, 15) is 13.6 Å². The SMILES string of the molecule is Cc1ccnc(-c2ccc(NC(=O)c3cn(C)nc3-c3ccc(F)cc3F)cc2)n1. The summed E-state index contributed by atoms with van der Waals surface area (Å²) in [6.07, 6.45) is 3.17. The number of halogens is 2. The largest absolute Gasteiger partial charge is 0.322 e. The molecule has 1 N–H and O–H groups in total. The molecule has 6 nitrogen and oxygen atoms in total. The topological polar surface area (TPSA) is 72.7 Å². The fraction of sp³-hybridized carbons (Fsp3) is 0.0909. The molecule has 2 heterocycles. The van der Waals surface area contributed by atoms with Crippen LogP contribution in [0.3, 0.4) is 0 Å². The van der Waals surface area contributed by atoms with E-state index in [-0.39, 0.29) is 16.8 Å². The van der Waals surface area contributed by atoms with Crippen molar-refractivity contribution < 1.29 is 13.6 Å². The molecule has 0 unspecified atom stereocenters. The number of carbonyl (C=O) groups is 1. The van der Waals surface area contributed by atoms with E-state index in [1.807, 2.05) is 13.0 Å². The average Bonchev–Trinajstić information content (AvgIpc) is 3.10. The van der Waals surface area contributed by atoms with Crippen LogP contribution < -0.4 is 5.32 Å². The van der Waals surface area contributed by atoms with Crippen LogP contribution in [0.2, 0.25) is 0 Å². The van der Waals surface area contributed by atoms with Crippen molar-refractivity contribution in [2.45, 2.75) is 6.92 Å². The molecule has 30 heavy (non-hydrogen) atoms. The standard InChI is InChI=1S/C22H17F2N5O/c1-13-9-10-25-21(26-13)14-3-6-16(7-4-14)27-22(30)18-12-29(2)28-20(18)17-8-5-15(23)11-19(17)24/h3-12H,1-2H3,(H,27,30). The number of hydrogen-bond acceptors (Lipinski definition) is 4. The van der Waals surface area contributed by atoms with Crippen LogP contribution in [0.5, 0.6) is 0 Å². The maximum Gasteiger partial charge on any atom is 0.259 e. The smallest absolute Gasteiger partial charge is 0.259 e. The highest BCUT2D eigenvalue weighted by Gasteiger charge is 2.20. The first-order valence-electron chi connectivity index (χ1n) is 9.11. The number of aromatic nitrogens is 4. The molecule has 0 aliphatic heterocycles. The summed E-state index contributed by atoms with van der Waals surface area (Å²) >= 11 is 0. The second-order valence-electron chi connectivity index (χ2n) is 6.74. The van der Waals surface area contributed by atoms with Crippen LogP contribution >= 0.6 is 0 Å². The van der Waals surface area contributed by atoms with Crippen LogP contribution in [-0.4, -0.2) is 25.7 Å². The van der Waals surface area contributed by atoms with Gasteiger partial charge < -0.3 is 5.32 Å². The zero-order valence-corrected chi connectivity index (χ0v) is 16.2. The molecule has 0 saturated carbocycles. The van der Waals surface area contributed by atoms with Gasteiger partial charge in [0.15, 0.2) is 5.82 Å². The first kappa shape index (κ1) is 19.4. The Kier molecular flexibility index (Phi) is 5.05. The minimum Gasteiger partial charge on any atom is -0.322 e. The zero-order valence-electron chi connectivity index (χ0n) is 16.2. The highest BCUT2D eigenvalue weighted by Crippen LogP contribution is 2.26. The summed E-state index contributed by atoms with van der Waals surface area (Å²) in [4.78, 5) is 21.4. The van der Waals surface area contributed by atoms with Gasteiger partial charge in [0.25, 0.3) is 5.91 Å². The van der Waals surface area contributed by atoms with Crippen LogP contribution in [0.1, 0.15) is 16.1 Å². The molecule has 150 valence electrons. The summed E-state index contributed by atoms with van der Waals surface area (Å²) in [6, 6.07) is 12.0. The maximum absolute atomic E-state index is 14.2. The minimum absolute atomic E-state index is 0.0501. The lowest BCUT2D eigenvalue weighted by molar-refractivity contribution is 0.102. The molecular weight excluding hydrogens is 388 g/mol. The van der Waals surface area contributed by atoms with Crippen LogP contribution in [0.4, 0.5) is 14.5 Å². The molecule has 0 aliphatic carbocycles. The van der Waals surface area contributed by atoms with Gasteiger partial charge in [0.2, 0.25) is 0 Å². The van der Waals surface area contributed by atoms with Crippen LogP contribution in [0.25, 0.3) is 22.6 Å². The molecule has 4 rings (SSSR count). The number of nitrogens with one attached hydrogen (secondary N) is 1. The van der Waals surface area contributed by atoms with E-state index < -0.39 is 17.5 Å². The van der Waals surface area contributed by atoms with Gasteiger partial charge in [-0.25, -0.2) is 18.7 Å². The lowest BCUT2D eigenvalue weighted by Crippen LogP contribution is -2.12.